The molecule has 0 aliphatic carbocycles. The lowest BCUT2D eigenvalue weighted by Crippen LogP contribution is -2.09. The fourth-order valence-electron chi connectivity index (χ4n) is 2.08. The highest BCUT2D eigenvalue weighted by atomic mass is 16.5. The van der Waals surface area contributed by atoms with E-state index in [1.807, 2.05) is 36.0 Å². The summed E-state index contributed by atoms with van der Waals surface area (Å²) in [5.74, 6) is 0.795. The monoisotopic (exact) mass is 288 g/mol. The maximum Gasteiger partial charge on any atom is 0.141 e. The zero-order valence-corrected chi connectivity index (χ0v) is 13.0. The van der Waals surface area contributed by atoms with Crippen LogP contribution in [0.5, 0.6) is 5.75 Å². The maximum atomic E-state index is 5.86. The van der Waals surface area contributed by atoms with Gasteiger partial charge in [-0.15, -0.1) is 0 Å². The molecule has 5 nitrogen and oxygen atoms in total. The first kappa shape index (κ1) is 15.5. The summed E-state index contributed by atoms with van der Waals surface area (Å²) in [5.41, 5.74) is 8.45. The number of aromatic nitrogens is 3. The normalized spacial score (nSPS) is 12.4. The first-order chi connectivity index (χ1) is 10.1. The van der Waals surface area contributed by atoms with Gasteiger partial charge in [-0.2, -0.15) is 5.10 Å². The summed E-state index contributed by atoms with van der Waals surface area (Å²) in [6.45, 7) is 7.29. The number of aryl methyl sites for hydroxylation is 1. The minimum Gasteiger partial charge on any atom is -0.485 e. The number of nitrogens with two attached hydrogens (primary N) is 1. The Balaban J connectivity index is 2.04. The van der Waals surface area contributed by atoms with Crippen molar-refractivity contribution in [3.05, 3.63) is 41.5 Å². The van der Waals surface area contributed by atoms with Crippen LogP contribution in [0.3, 0.4) is 0 Å². The van der Waals surface area contributed by atoms with Crippen molar-refractivity contribution in [2.75, 3.05) is 6.54 Å². The zero-order chi connectivity index (χ0) is 15.2. The van der Waals surface area contributed by atoms with Crippen LogP contribution >= 0.6 is 0 Å². The lowest BCUT2D eigenvalue weighted by Gasteiger charge is -2.11. The smallest absolute Gasteiger partial charge is 0.141 e. The van der Waals surface area contributed by atoms with Crippen LogP contribution in [0.1, 0.15) is 43.4 Å². The molecular formula is C16H24N4O. The first-order valence-corrected chi connectivity index (χ1v) is 7.47. The molecule has 0 fully saturated rings. The molecule has 0 amide bonds. The summed E-state index contributed by atoms with van der Waals surface area (Å²) in [6, 6.07) is 6.32. The van der Waals surface area contributed by atoms with Crippen LogP contribution in [-0.4, -0.2) is 21.3 Å². The molecule has 0 bridgehead atoms. The van der Waals surface area contributed by atoms with Gasteiger partial charge in [0.05, 0.1) is 11.4 Å². The molecule has 0 aromatic carbocycles. The second-order valence-electron chi connectivity index (χ2n) is 5.27. The van der Waals surface area contributed by atoms with Crippen molar-refractivity contribution in [1.29, 1.82) is 0 Å². The van der Waals surface area contributed by atoms with Crippen molar-refractivity contribution in [3.8, 4) is 5.75 Å². The molecule has 0 saturated heterocycles. The molecule has 2 N–H and O–H groups in total. The Bertz CT molecular complexity index is 579. The Morgan fingerprint density at radius 2 is 2.14 bits per heavy atom. The van der Waals surface area contributed by atoms with Gasteiger partial charge in [0.25, 0.3) is 0 Å². The van der Waals surface area contributed by atoms with E-state index < -0.39 is 0 Å². The van der Waals surface area contributed by atoms with Crippen molar-refractivity contribution < 1.29 is 4.74 Å². The van der Waals surface area contributed by atoms with E-state index in [2.05, 4.69) is 23.9 Å². The molecular weight excluding hydrogens is 264 g/mol. The van der Waals surface area contributed by atoms with Gasteiger partial charge in [-0.25, -0.2) is 0 Å². The van der Waals surface area contributed by atoms with Crippen molar-refractivity contribution in [1.82, 2.24) is 14.8 Å². The molecule has 0 radical (unpaired) electrons. The molecule has 21 heavy (non-hydrogen) atoms. The number of rotatable bonds is 7. The first-order valence-electron chi connectivity index (χ1n) is 7.47. The Kier molecular flexibility index (Phi) is 5.33. The molecule has 2 rings (SSSR count). The molecule has 2 aromatic heterocycles. The molecule has 2 heterocycles. The van der Waals surface area contributed by atoms with Crippen LogP contribution in [0.4, 0.5) is 0 Å². The van der Waals surface area contributed by atoms with Crippen LogP contribution in [-0.2, 0) is 13.0 Å². The third-order valence-corrected chi connectivity index (χ3v) is 3.53. The highest BCUT2D eigenvalue weighted by Gasteiger charge is 2.08. The van der Waals surface area contributed by atoms with Crippen LogP contribution in [0.2, 0.25) is 0 Å². The summed E-state index contributed by atoms with van der Waals surface area (Å²) in [7, 11) is 0. The largest absolute Gasteiger partial charge is 0.485 e. The van der Waals surface area contributed by atoms with E-state index in [1.54, 1.807) is 0 Å². The summed E-state index contributed by atoms with van der Waals surface area (Å²) < 4.78 is 7.84. The SMILES string of the molecule is CCC(C)n1ccc(COc2ccc(C)nc2CCN)n1. The van der Waals surface area contributed by atoms with Gasteiger partial charge in [-0.1, -0.05) is 6.92 Å². The Morgan fingerprint density at radius 1 is 1.33 bits per heavy atom. The van der Waals surface area contributed by atoms with Gasteiger partial charge in [0, 0.05) is 24.4 Å². The van der Waals surface area contributed by atoms with Gasteiger partial charge < -0.3 is 10.5 Å². The van der Waals surface area contributed by atoms with Crippen LogP contribution in [0.15, 0.2) is 24.4 Å². The average Bonchev–Trinajstić information content (AvgIpc) is 2.95. The zero-order valence-electron chi connectivity index (χ0n) is 13.0. The third kappa shape index (κ3) is 4.04. The number of hydrogen-bond donors (Lipinski definition) is 1. The molecule has 5 heteroatoms. The average molecular weight is 288 g/mol. The van der Waals surface area contributed by atoms with E-state index in [1.165, 1.54) is 0 Å². The molecule has 0 spiro atoms. The fraction of sp³-hybridized carbons (Fsp3) is 0.500. The number of pyridine rings is 1. The Morgan fingerprint density at radius 3 is 2.86 bits per heavy atom. The highest BCUT2D eigenvalue weighted by molar-refractivity contribution is 5.29. The van der Waals surface area contributed by atoms with Crippen molar-refractivity contribution in [2.24, 2.45) is 5.73 Å². The standard InChI is InChI=1S/C16H24N4O/c1-4-13(3)20-10-8-14(19-20)11-21-16-6-5-12(2)18-15(16)7-9-17/h5-6,8,10,13H,4,7,9,11,17H2,1-3H3. The second kappa shape index (κ2) is 7.22. The van der Waals surface area contributed by atoms with Crippen LogP contribution in [0, 0.1) is 6.92 Å². The van der Waals surface area contributed by atoms with Crippen molar-refractivity contribution in [3.63, 3.8) is 0 Å². The van der Waals surface area contributed by atoms with Gasteiger partial charge in [0.1, 0.15) is 12.4 Å². The highest BCUT2D eigenvalue weighted by Crippen LogP contribution is 2.19. The molecule has 114 valence electrons. The van der Waals surface area contributed by atoms with Crippen molar-refractivity contribution >= 4 is 0 Å². The van der Waals surface area contributed by atoms with E-state index in [4.69, 9.17) is 10.5 Å². The second-order valence-corrected chi connectivity index (χ2v) is 5.27. The molecule has 2 aromatic rings. The number of ether oxygens (including phenoxy) is 1. The lowest BCUT2D eigenvalue weighted by atomic mass is 10.2. The third-order valence-electron chi connectivity index (χ3n) is 3.53. The molecule has 1 unspecified atom stereocenters. The maximum absolute atomic E-state index is 5.86. The number of nitrogens with zero attached hydrogens (tertiary/aromatic N) is 3. The minimum atomic E-state index is 0.410. The molecule has 0 aliphatic heterocycles. The predicted molar refractivity (Wildman–Crippen MR) is 83.3 cm³/mol. The van der Waals surface area contributed by atoms with E-state index >= 15 is 0 Å². The molecule has 0 aliphatic rings. The van der Waals surface area contributed by atoms with Crippen molar-refractivity contribution in [2.45, 2.75) is 46.3 Å². The fourth-order valence-corrected chi connectivity index (χ4v) is 2.08. The molecule has 1 atom stereocenters. The quantitative estimate of drug-likeness (QED) is 0.850. The topological polar surface area (TPSA) is 66.0 Å². The van der Waals surface area contributed by atoms with Gasteiger partial charge in [-0.05, 0) is 45.0 Å². The van der Waals surface area contributed by atoms with E-state index in [9.17, 15) is 0 Å². The summed E-state index contributed by atoms with van der Waals surface area (Å²) in [6.07, 6.45) is 3.78. The van der Waals surface area contributed by atoms with Gasteiger partial charge in [0.15, 0.2) is 0 Å². The van der Waals surface area contributed by atoms with Gasteiger partial charge in [0.2, 0.25) is 0 Å². The number of hydrogen-bond acceptors (Lipinski definition) is 4. The predicted octanol–water partition coefficient (Wildman–Crippen LogP) is 2.64. The van der Waals surface area contributed by atoms with Gasteiger partial charge in [-0.3, -0.25) is 9.67 Å². The Hall–Kier alpha value is -1.88. The van der Waals surface area contributed by atoms with Crippen LogP contribution < -0.4 is 10.5 Å². The van der Waals surface area contributed by atoms with E-state index in [0.29, 0.717) is 19.2 Å². The van der Waals surface area contributed by atoms with Crippen LogP contribution in [0.25, 0.3) is 0 Å². The summed E-state index contributed by atoms with van der Waals surface area (Å²) >= 11 is 0. The summed E-state index contributed by atoms with van der Waals surface area (Å²) in [4.78, 5) is 4.49. The van der Waals surface area contributed by atoms with Gasteiger partial charge >= 0.3 is 0 Å². The van der Waals surface area contributed by atoms with E-state index in [-0.39, 0.29) is 0 Å². The summed E-state index contributed by atoms with van der Waals surface area (Å²) in [5, 5.41) is 4.54. The van der Waals surface area contributed by atoms with E-state index in [0.717, 1.165) is 35.7 Å². The lowest BCUT2D eigenvalue weighted by molar-refractivity contribution is 0.293. The molecule has 0 saturated carbocycles. The minimum absolute atomic E-state index is 0.410. The Labute approximate surface area is 126 Å².